The van der Waals surface area contributed by atoms with Crippen molar-refractivity contribution in [2.75, 3.05) is 0 Å². The van der Waals surface area contributed by atoms with Crippen LogP contribution >= 0.6 is 0 Å². The molecule has 2 N–H and O–H groups in total. The van der Waals surface area contributed by atoms with Gasteiger partial charge in [0.25, 0.3) is 5.91 Å². The van der Waals surface area contributed by atoms with E-state index in [1.807, 2.05) is 0 Å². The fourth-order valence-electron chi connectivity index (χ4n) is 0.968. The van der Waals surface area contributed by atoms with Gasteiger partial charge in [-0.05, 0) is 12.1 Å². The smallest absolute Gasteiger partial charge is 0.270 e. The van der Waals surface area contributed by atoms with Crippen molar-refractivity contribution in [2.24, 2.45) is 5.73 Å². The van der Waals surface area contributed by atoms with Crippen LogP contribution in [-0.2, 0) is 0 Å². The summed E-state index contributed by atoms with van der Waals surface area (Å²) in [5.74, 6) is -0.282. The van der Waals surface area contributed by atoms with Gasteiger partial charge in [-0.15, -0.1) is 0 Å². The summed E-state index contributed by atoms with van der Waals surface area (Å²) in [5.41, 5.74) is 5.83. The molecule has 0 bridgehead atoms. The maximum Gasteiger partial charge on any atom is 0.270 e. The van der Waals surface area contributed by atoms with Crippen LogP contribution in [0.4, 0.5) is 0 Å². The summed E-state index contributed by atoms with van der Waals surface area (Å²) in [7, 11) is 0. The lowest BCUT2D eigenvalue weighted by atomic mass is 10.3. The Labute approximate surface area is 79.6 Å². The summed E-state index contributed by atoms with van der Waals surface area (Å²) in [6.45, 7) is 0. The maximum atomic E-state index is 10.7. The van der Waals surface area contributed by atoms with Crippen LogP contribution in [-0.4, -0.2) is 15.9 Å². The van der Waals surface area contributed by atoms with Crippen LogP contribution < -0.4 is 5.73 Å². The molecule has 2 heterocycles. The number of carbonyl (C=O) groups excluding carboxylic acids is 1. The standard InChI is InChI=1S/C9H6N3O2/c10-8(13)7-5-14-9(12-7)6-1-3-11-4-2-6/h1-3,5H,(H2,10,13). The summed E-state index contributed by atoms with van der Waals surface area (Å²) in [6.07, 6.45) is 5.41. The molecule has 0 aliphatic heterocycles. The number of hydrogen-bond donors (Lipinski definition) is 1. The quantitative estimate of drug-likeness (QED) is 0.749. The second-order valence-corrected chi connectivity index (χ2v) is 2.58. The summed E-state index contributed by atoms with van der Waals surface area (Å²) in [5, 5.41) is 0. The van der Waals surface area contributed by atoms with Gasteiger partial charge in [0, 0.05) is 11.8 Å². The van der Waals surface area contributed by atoms with Gasteiger partial charge in [0.1, 0.15) is 6.26 Å². The van der Waals surface area contributed by atoms with E-state index in [4.69, 9.17) is 10.2 Å². The molecule has 0 spiro atoms. The molecule has 14 heavy (non-hydrogen) atoms. The minimum atomic E-state index is -0.613. The Hall–Kier alpha value is -2.17. The number of amides is 1. The Bertz CT molecular complexity index is 450. The van der Waals surface area contributed by atoms with E-state index in [1.54, 1.807) is 18.3 Å². The van der Waals surface area contributed by atoms with E-state index in [1.165, 1.54) is 6.26 Å². The maximum absolute atomic E-state index is 10.7. The molecule has 2 aromatic heterocycles. The Morgan fingerprint density at radius 2 is 2.43 bits per heavy atom. The molecule has 0 saturated heterocycles. The molecule has 69 valence electrons. The summed E-state index contributed by atoms with van der Waals surface area (Å²) in [4.78, 5) is 18.3. The van der Waals surface area contributed by atoms with Gasteiger partial charge in [-0.1, -0.05) is 0 Å². The molecule has 2 rings (SSSR count). The number of carbonyl (C=O) groups is 1. The average Bonchev–Trinajstić information content (AvgIpc) is 2.68. The van der Waals surface area contributed by atoms with Crippen molar-refractivity contribution in [3.8, 4) is 11.5 Å². The highest BCUT2D eigenvalue weighted by Crippen LogP contribution is 2.16. The van der Waals surface area contributed by atoms with E-state index in [0.29, 0.717) is 11.5 Å². The average molecular weight is 188 g/mol. The highest BCUT2D eigenvalue weighted by Gasteiger charge is 2.09. The molecule has 0 aromatic carbocycles. The van der Waals surface area contributed by atoms with Crippen LogP contribution in [0.25, 0.3) is 11.5 Å². The van der Waals surface area contributed by atoms with E-state index in [0.717, 1.165) is 0 Å². The zero-order valence-electron chi connectivity index (χ0n) is 7.10. The zero-order chi connectivity index (χ0) is 9.97. The second-order valence-electron chi connectivity index (χ2n) is 2.58. The van der Waals surface area contributed by atoms with Crippen molar-refractivity contribution >= 4 is 5.91 Å². The van der Waals surface area contributed by atoms with E-state index in [-0.39, 0.29) is 5.69 Å². The Morgan fingerprint density at radius 1 is 1.57 bits per heavy atom. The normalized spacial score (nSPS) is 10.0. The van der Waals surface area contributed by atoms with Gasteiger partial charge in [0.15, 0.2) is 5.69 Å². The molecule has 2 aromatic rings. The fourth-order valence-corrected chi connectivity index (χ4v) is 0.968. The SMILES string of the molecule is NC(=O)c1coc(-c2c[c]ncc2)n1. The number of nitrogens with two attached hydrogens (primary N) is 1. The largest absolute Gasteiger partial charge is 0.444 e. The van der Waals surface area contributed by atoms with Crippen LogP contribution in [0, 0.1) is 6.20 Å². The number of pyridine rings is 1. The fraction of sp³-hybridized carbons (Fsp3) is 0. The first kappa shape index (κ1) is 8.43. The molecule has 0 aliphatic carbocycles. The lowest BCUT2D eigenvalue weighted by molar-refractivity contribution is 0.0995. The predicted molar refractivity (Wildman–Crippen MR) is 47.1 cm³/mol. The Kier molecular flexibility index (Phi) is 1.98. The summed E-state index contributed by atoms with van der Waals surface area (Å²) < 4.78 is 5.05. The first-order valence-corrected chi connectivity index (χ1v) is 3.85. The number of oxazole rings is 1. The molecule has 0 fully saturated rings. The van der Waals surface area contributed by atoms with Crippen molar-refractivity contribution in [1.82, 2.24) is 9.97 Å². The van der Waals surface area contributed by atoms with E-state index >= 15 is 0 Å². The lowest BCUT2D eigenvalue weighted by Crippen LogP contribution is -2.10. The predicted octanol–water partition coefficient (Wildman–Crippen LogP) is 0.636. The number of aromatic nitrogens is 2. The van der Waals surface area contributed by atoms with Crippen LogP contribution in [0.3, 0.4) is 0 Å². The first-order valence-electron chi connectivity index (χ1n) is 3.85. The van der Waals surface area contributed by atoms with Crippen molar-refractivity contribution in [3.05, 3.63) is 36.5 Å². The zero-order valence-corrected chi connectivity index (χ0v) is 7.10. The molecule has 0 aliphatic rings. The third-order valence-electron chi connectivity index (χ3n) is 1.63. The highest BCUT2D eigenvalue weighted by atomic mass is 16.3. The molecule has 1 radical (unpaired) electrons. The minimum Gasteiger partial charge on any atom is -0.444 e. The third kappa shape index (κ3) is 1.47. The first-order chi connectivity index (χ1) is 6.77. The van der Waals surface area contributed by atoms with Gasteiger partial charge >= 0.3 is 0 Å². The van der Waals surface area contributed by atoms with E-state index in [2.05, 4.69) is 16.2 Å². The number of rotatable bonds is 2. The van der Waals surface area contributed by atoms with Gasteiger partial charge in [-0.2, -0.15) is 0 Å². The van der Waals surface area contributed by atoms with Gasteiger partial charge in [-0.3, -0.25) is 9.78 Å². The Balaban J connectivity index is 2.39. The molecular formula is C9H6N3O2. The molecule has 5 nitrogen and oxygen atoms in total. The van der Waals surface area contributed by atoms with Crippen molar-refractivity contribution in [3.63, 3.8) is 0 Å². The monoisotopic (exact) mass is 188 g/mol. The van der Waals surface area contributed by atoms with Crippen LogP contribution in [0.1, 0.15) is 10.5 Å². The minimum absolute atomic E-state index is 0.108. The van der Waals surface area contributed by atoms with Gasteiger partial charge < -0.3 is 10.2 Å². The second kappa shape index (κ2) is 3.29. The highest BCUT2D eigenvalue weighted by molar-refractivity contribution is 5.90. The molecule has 5 heteroatoms. The van der Waals surface area contributed by atoms with Crippen molar-refractivity contribution < 1.29 is 9.21 Å². The number of nitrogens with zero attached hydrogens (tertiary/aromatic N) is 2. The van der Waals surface area contributed by atoms with E-state index < -0.39 is 5.91 Å². The molecule has 0 unspecified atom stereocenters. The lowest BCUT2D eigenvalue weighted by Gasteiger charge is -1.90. The van der Waals surface area contributed by atoms with E-state index in [9.17, 15) is 4.79 Å². The number of primary amides is 1. The summed E-state index contributed by atoms with van der Waals surface area (Å²) in [6, 6.07) is 3.31. The molecular weight excluding hydrogens is 182 g/mol. The Morgan fingerprint density at radius 3 is 3.00 bits per heavy atom. The van der Waals surface area contributed by atoms with Crippen LogP contribution in [0.2, 0.25) is 0 Å². The van der Waals surface area contributed by atoms with Gasteiger partial charge in [0.05, 0.1) is 6.20 Å². The van der Waals surface area contributed by atoms with Crippen LogP contribution in [0.5, 0.6) is 0 Å². The topological polar surface area (TPSA) is 82.0 Å². The molecule has 0 atom stereocenters. The van der Waals surface area contributed by atoms with Crippen molar-refractivity contribution in [1.29, 1.82) is 0 Å². The van der Waals surface area contributed by atoms with Gasteiger partial charge in [0.2, 0.25) is 5.89 Å². The van der Waals surface area contributed by atoms with Crippen molar-refractivity contribution in [2.45, 2.75) is 0 Å². The molecule has 0 saturated carbocycles. The number of hydrogen-bond acceptors (Lipinski definition) is 4. The molecule has 1 amide bonds. The van der Waals surface area contributed by atoms with Crippen LogP contribution in [0.15, 0.2) is 29.0 Å². The summed E-state index contributed by atoms with van der Waals surface area (Å²) >= 11 is 0. The third-order valence-corrected chi connectivity index (χ3v) is 1.63. The van der Waals surface area contributed by atoms with Gasteiger partial charge in [-0.25, -0.2) is 4.98 Å².